The molecule has 7 nitrogen and oxygen atoms in total. The average Bonchev–Trinajstić information content (AvgIpc) is 2.80. The number of carboxylic acids is 1. The summed E-state index contributed by atoms with van der Waals surface area (Å²) in [6.07, 6.45) is 3.79. The molecule has 2 atom stereocenters. The zero-order valence-electron chi connectivity index (χ0n) is 11.0. The zero-order chi connectivity index (χ0) is 13.8. The van der Waals surface area contributed by atoms with Crippen LogP contribution in [-0.4, -0.2) is 66.3 Å². The van der Waals surface area contributed by atoms with Gasteiger partial charge in [0.25, 0.3) is 0 Å². The minimum Gasteiger partial charge on any atom is -0.481 e. The molecule has 2 aliphatic rings. The molecule has 0 aromatic carbocycles. The Morgan fingerprint density at radius 1 is 1.21 bits per heavy atom. The highest BCUT2D eigenvalue weighted by atomic mass is 16.4. The highest BCUT2D eigenvalue weighted by Crippen LogP contribution is 2.17. The van der Waals surface area contributed by atoms with Crippen molar-refractivity contribution in [2.24, 2.45) is 5.92 Å². The molecule has 1 saturated heterocycles. The van der Waals surface area contributed by atoms with Crippen molar-refractivity contribution in [1.82, 2.24) is 20.7 Å². The van der Waals surface area contributed by atoms with Crippen molar-refractivity contribution < 1.29 is 14.7 Å². The molecule has 106 valence electrons. The van der Waals surface area contributed by atoms with Gasteiger partial charge in [-0.1, -0.05) is 12.2 Å². The van der Waals surface area contributed by atoms with Crippen molar-refractivity contribution in [3.05, 3.63) is 12.2 Å². The second-order valence-corrected chi connectivity index (χ2v) is 5.05. The van der Waals surface area contributed by atoms with Gasteiger partial charge in [-0.05, 0) is 13.5 Å². The average molecular weight is 268 g/mol. The number of likely N-dealkylation sites (N-methyl/N-ethyl adjacent to an activating group) is 1. The topological polar surface area (TPSA) is 84.9 Å². The number of rotatable bonds is 3. The van der Waals surface area contributed by atoms with Crippen LogP contribution in [0.3, 0.4) is 0 Å². The maximum Gasteiger partial charge on any atom is 0.329 e. The molecule has 19 heavy (non-hydrogen) atoms. The summed E-state index contributed by atoms with van der Waals surface area (Å²) in [6, 6.07) is -0.473. The van der Waals surface area contributed by atoms with Crippen molar-refractivity contribution in [3.63, 3.8) is 0 Å². The van der Waals surface area contributed by atoms with E-state index in [1.54, 1.807) is 12.2 Å². The Morgan fingerprint density at radius 3 is 2.47 bits per heavy atom. The summed E-state index contributed by atoms with van der Waals surface area (Å²) in [6.45, 7) is 3.43. The van der Waals surface area contributed by atoms with Crippen molar-refractivity contribution in [1.29, 1.82) is 0 Å². The first kappa shape index (κ1) is 13.8. The second-order valence-electron chi connectivity index (χ2n) is 5.05. The zero-order valence-corrected chi connectivity index (χ0v) is 11.0. The first-order valence-corrected chi connectivity index (χ1v) is 6.46. The molecule has 1 heterocycles. The first-order valence-electron chi connectivity index (χ1n) is 6.46. The number of aliphatic carboxylic acids is 1. The molecule has 2 amide bonds. The summed E-state index contributed by atoms with van der Waals surface area (Å²) < 4.78 is 0. The SMILES string of the molecule is CN1CCN(NC(=O)NC2C=CC(C(=O)O)C2)CC1. The molecule has 0 spiro atoms. The number of amides is 2. The summed E-state index contributed by atoms with van der Waals surface area (Å²) in [5.41, 5.74) is 2.79. The lowest BCUT2D eigenvalue weighted by Gasteiger charge is -2.32. The lowest BCUT2D eigenvalue weighted by Crippen LogP contribution is -2.55. The molecule has 0 aromatic heterocycles. The number of nitrogens with zero attached hydrogens (tertiary/aromatic N) is 2. The van der Waals surface area contributed by atoms with E-state index in [0.717, 1.165) is 26.2 Å². The summed E-state index contributed by atoms with van der Waals surface area (Å²) >= 11 is 0. The van der Waals surface area contributed by atoms with Crippen molar-refractivity contribution in [2.45, 2.75) is 12.5 Å². The summed E-state index contributed by atoms with van der Waals surface area (Å²) in [7, 11) is 2.05. The van der Waals surface area contributed by atoms with Crippen LogP contribution in [0, 0.1) is 5.92 Å². The van der Waals surface area contributed by atoms with Gasteiger partial charge in [-0.3, -0.25) is 10.2 Å². The van der Waals surface area contributed by atoms with Crippen LogP contribution in [0.4, 0.5) is 4.79 Å². The summed E-state index contributed by atoms with van der Waals surface area (Å²) in [5.74, 6) is -1.34. The molecule has 1 aliphatic heterocycles. The quantitative estimate of drug-likeness (QED) is 0.600. The molecule has 3 N–H and O–H groups in total. The Hall–Kier alpha value is -1.60. The minimum atomic E-state index is -0.847. The molecule has 7 heteroatoms. The largest absolute Gasteiger partial charge is 0.481 e. The maximum absolute atomic E-state index is 11.8. The van der Waals surface area contributed by atoms with Gasteiger partial charge in [-0.15, -0.1) is 0 Å². The first-order chi connectivity index (χ1) is 9.04. The van der Waals surface area contributed by atoms with Crippen LogP contribution in [0.25, 0.3) is 0 Å². The van der Waals surface area contributed by atoms with Crippen LogP contribution in [0.15, 0.2) is 12.2 Å². The number of urea groups is 1. The van der Waals surface area contributed by atoms with Gasteiger partial charge >= 0.3 is 12.0 Å². The monoisotopic (exact) mass is 268 g/mol. The fraction of sp³-hybridized carbons (Fsp3) is 0.667. The van der Waals surface area contributed by atoms with E-state index in [-0.39, 0.29) is 12.1 Å². The molecule has 0 saturated carbocycles. The van der Waals surface area contributed by atoms with Crippen LogP contribution in [-0.2, 0) is 4.79 Å². The minimum absolute atomic E-state index is 0.200. The van der Waals surface area contributed by atoms with Gasteiger partial charge in [-0.25, -0.2) is 9.80 Å². The second kappa shape index (κ2) is 6.03. The molecule has 0 aromatic rings. The van der Waals surface area contributed by atoms with Crippen molar-refractivity contribution in [2.75, 3.05) is 33.2 Å². The molecular weight excluding hydrogens is 248 g/mol. The molecule has 1 aliphatic carbocycles. The van der Waals surface area contributed by atoms with E-state index >= 15 is 0 Å². The van der Waals surface area contributed by atoms with Gasteiger partial charge in [0, 0.05) is 26.2 Å². The van der Waals surface area contributed by atoms with E-state index in [0.29, 0.717) is 6.42 Å². The summed E-state index contributed by atoms with van der Waals surface area (Å²) in [5, 5.41) is 13.5. The third-order valence-electron chi connectivity index (χ3n) is 3.48. The highest BCUT2D eigenvalue weighted by molar-refractivity contribution is 5.76. The number of hydrogen-bond acceptors (Lipinski definition) is 4. The van der Waals surface area contributed by atoms with E-state index in [1.807, 2.05) is 12.1 Å². The standard InChI is InChI=1S/C12H20N4O3/c1-15-4-6-16(7-5-15)14-12(19)13-10-3-2-9(8-10)11(17)18/h2-3,9-10H,4-8H2,1H3,(H,17,18)(H2,13,14,19). The fourth-order valence-corrected chi connectivity index (χ4v) is 2.25. The van der Waals surface area contributed by atoms with Gasteiger partial charge in [0.05, 0.1) is 12.0 Å². The highest BCUT2D eigenvalue weighted by Gasteiger charge is 2.26. The lowest BCUT2D eigenvalue weighted by atomic mass is 10.1. The van der Waals surface area contributed by atoms with Gasteiger partial charge in [0.2, 0.25) is 0 Å². The van der Waals surface area contributed by atoms with E-state index < -0.39 is 11.9 Å². The fourth-order valence-electron chi connectivity index (χ4n) is 2.25. The number of hydrazine groups is 1. The molecule has 2 unspecified atom stereocenters. The van der Waals surface area contributed by atoms with Crippen molar-refractivity contribution >= 4 is 12.0 Å². The van der Waals surface area contributed by atoms with E-state index in [1.165, 1.54) is 0 Å². The Bertz CT molecular complexity index is 377. The Labute approximate surface area is 112 Å². The Kier molecular flexibility index (Phi) is 4.39. The number of nitrogens with one attached hydrogen (secondary N) is 2. The van der Waals surface area contributed by atoms with Crippen molar-refractivity contribution in [3.8, 4) is 0 Å². The number of hydrogen-bond donors (Lipinski definition) is 3. The van der Waals surface area contributed by atoms with Crippen LogP contribution >= 0.6 is 0 Å². The smallest absolute Gasteiger partial charge is 0.329 e. The van der Waals surface area contributed by atoms with E-state index in [2.05, 4.69) is 15.6 Å². The van der Waals surface area contributed by atoms with Crippen LogP contribution in [0.5, 0.6) is 0 Å². The predicted octanol–water partition coefficient (Wildman–Crippen LogP) is -0.523. The van der Waals surface area contributed by atoms with Crippen LogP contribution in [0.2, 0.25) is 0 Å². The molecule has 0 radical (unpaired) electrons. The van der Waals surface area contributed by atoms with Gasteiger partial charge < -0.3 is 15.3 Å². The van der Waals surface area contributed by atoms with Gasteiger partial charge in [0.15, 0.2) is 0 Å². The predicted molar refractivity (Wildman–Crippen MR) is 69.4 cm³/mol. The number of carbonyl (C=O) groups excluding carboxylic acids is 1. The summed E-state index contributed by atoms with van der Waals surface area (Å²) in [4.78, 5) is 24.8. The van der Waals surface area contributed by atoms with E-state index in [4.69, 9.17) is 5.11 Å². The molecule has 1 fully saturated rings. The van der Waals surface area contributed by atoms with Gasteiger partial charge in [0.1, 0.15) is 0 Å². The lowest BCUT2D eigenvalue weighted by molar-refractivity contribution is -0.140. The third kappa shape index (κ3) is 3.93. The number of piperazine rings is 1. The van der Waals surface area contributed by atoms with Crippen LogP contribution in [0.1, 0.15) is 6.42 Å². The van der Waals surface area contributed by atoms with Crippen LogP contribution < -0.4 is 10.7 Å². The molecule has 2 rings (SSSR count). The van der Waals surface area contributed by atoms with Gasteiger partial charge in [-0.2, -0.15) is 0 Å². The number of carbonyl (C=O) groups is 2. The molecular formula is C12H20N4O3. The Morgan fingerprint density at radius 2 is 1.89 bits per heavy atom. The number of carboxylic acid groups (broad SMARTS) is 1. The third-order valence-corrected chi connectivity index (χ3v) is 3.48. The maximum atomic E-state index is 11.8. The van der Waals surface area contributed by atoms with E-state index in [9.17, 15) is 9.59 Å². The normalized spacial score (nSPS) is 28.3. The molecule has 0 bridgehead atoms. The Balaban J connectivity index is 1.71.